The van der Waals surface area contributed by atoms with Gasteiger partial charge in [-0.25, -0.2) is 4.98 Å². The molecule has 2 N–H and O–H groups in total. The van der Waals surface area contributed by atoms with Gasteiger partial charge >= 0.3 is 0 Å². The van der Waals surface area contributed by atoms with Gasteiger partial charge in [0, 0.05) is 12.0 Å². The van der Waals surface area contributed by atoms with Crippen LogP contribution in [0.5, 0.6) is 6.01 Å². The van der Waals surface area contributed by atoms with Gasteiger partial charge in [-0.1, -0.05) is 66.2 Å². The summed E-state index contributed by atoms with van der Waals surface area (Å²) in [6.45, 7) is 0. The van der Waals surface area contributed by atoms with Crippen molar-refractivity contribution in [3.63, 3.8) is 0 Å². The molecule has 0 radical (unpaired) electrons. The van der Waals surface area contributed by atoms with E-state index < -0.39 is 0 Å². The van der Waals surface area contributed by atoms with Gasteiger partial charge in [-0.05, 0) is 36.5 Å². The third-order valence-corrected chi connectivity index (χ3v) is 5.84. The average molecular weight is 420 g/mol. The molecular formula is C24H22ClN3O2. The molecule has 0 aliphatic heterocycles. The topological polar surface area (TPSA) is 71.0 Å². The van der Waals surface area contributed by atoms with Crippen LogP contribution in [0.4, 0.5) is 0 Å². The number of nitrogens with zero attached hydrogens (tertiary/aromatic N) is 2. The van der Waals surface area contributed by atoms with Gasteiger partial charge in [-0.2, -0.15) is 4.98 Å². The highest BCUT2D eigenvalue weighted by Gasteiger charge is 2.23. The number of aromatic amines is 1. The van der Waals surface area contributed by atoms with Gasteiger partial charge in [0.25, 0.3) is 6.01 Å². The molecule has 0 spiro atoms. The standard InChI is InChI=1S/C24H22ClN3O2/c25-20-14-21-23(28-24(26-21)30-19-8-4-7-18(29)13-19)27-22(20)17-11-9-16(10-12-17)15-5-2-1-3-6-15/h1-3,5-6,9-12,14,18-19,29H,4,7-8,13H2,(H,26,27,28)/t18-,19+/m0/s1. The normalized spacial score (nSPS) is 19.1. The third-order valence-electron chi connectivity index (χ3n) is 5.55. The van der Waals surface area contributed by atoms with Crippen molar-refractivity contribution in [2.75, 3.05) is 0 Å². The number of fused-ring (bicyclic) bond motifs is 1. The molecule has 1 aliphatic carbocycles. The maximum Gasteiger partial charge on any atom is 0.296 e. The number of aliphatic hydroxyl groups excluding tert-OH is 1. The van der Waals surface area contributed by atoms with Crippen molar-refractivity contribution >= 4 is 22.8 Å². The van der Waals surface area contributed by atoms with Crippen LogP contribution < -0.4 is 4.74 Å². The molecule has 0 amide bonds. The molecule has 0 bridgehead atoms. The predicted molar refractivity (Wildman–Crippen MR) is 119 cm³/mol. The lowest BCUT2D eigenvalue weighted by atomic mass is 9.95. The van der Waals surface area contributed by atoms with Crippen LogP contribution in [-0.4, -0.2) is 32.3 Å². The van der Waals surface area contributed by atoms with Crippen molar-refractivity contribution in [2.24, 2.45) is 0 Å². The number of benzene rings is 2. The molecule has 2 heterocycles. The Balaban J connectivity index is 1.41. The number of aromatic nitrogens is 3. The number of nitrogens with one attached hydrogen (secondary N) is 1. The first-order valence-corrected chi connectivity index (χ1v) is 10.6. The second-order valence-corrected chi connectivity index (χ2v) is 8.14. The summed E-state index contributed by atoms with van der Waals surface area (Å²) in [5.41, 5.74) is 5.23. The van der Waals surface area contributed by atoms with Gasteiger partial charge in [0.05, 0.1) is 22.3 Å². The lowest BCUT2D eigenvalue weighted by Gasteiger charge is -2.25. The number of hydrogen-bond donors (Lipinski definition) is 2. The lowest BCUT2D eigenvalue weighted by molar-refractivity contribution is 0.0495. The SMILES string of the molecule is O[C@H]1CCC[C@@H](Oc2nc3nc(-c4ccc(-c5ccccc5)cc4)c(Cl)cc3[nH]2)C1. The summed E-state index contributed by atoms with van der Waals surface area (Å²) in [5.74, 6) is 0. The zero-order valence-corrected chi connectivity index (χ0v) is 17.1. The molecule has 1 aliphatic rings. The molecule has 6 heteroatoms. The van der Waals surface area contributed by atoms with Gasteiger partial charge in [-0.3, -0.25) is 0 Å². The zero-order valence-electron chi connectivity index (χ0n) is 16.4. The fraction of sp³-hybridized carbons (Fsp3) is 0.250. The Morgan fingerprint density at radius 1 is 0.933 bits per heavy atom. The summed E-state index contributed by atoms with van der Waals surface area (Å²) in [4.78, 5) is 12.3. The summed E-state index contributed by atoms with van der Waals surface area (Å²) in [6, 6.07) is 20.7. The molecule has 152 valence electrons. The van der Waals surface area contributed by atoms with E-state index in [1.54, 1.807) is 0 Å². The Hall–Kier alpha value is -2.89. The summed E-state index contributed by atoms with van der Waals surface area (Å²) >= 11 is 6.53. The minimum Gasteiger partial charge on any atom is -0.461 e. The van der Waals surface area contributed by atoms with Gasteiger partial charge in [0.15, 0.2) is 5.65 Å². The lowest BCUT2D eigenvalue weighted by Crippen LogP contribution is -2.28. The zero-order chi connectivity index (χ0) is 20.5. The van der Waals surface area contributed by atoms with Crippen molar-refractivity contribution in [1.29, 1.82) is 0 Å². The second kappa shape index (κ2) is 8.09. The average Bonchev–Trinajstić information content (AvgIpc) is 3.15. The van der Waals surface area contributed by atoms with Crippen LogP contribution in [0.2, 0.25) is 5.02 Å². The van der Waals surface area contributed by atoms with E-state index in [1.165, 1.54) is 5.56 Å². The largest absolute Gasteiger partial charge is 0.461 e. The number of H-pyrrole nitrogens is 1. The molecule has 5 nitrogen and oxygen atoms in total. The number of aliphatic hydroxyl groups is 1. The highest BCUT2D eigenvalue weighted by molar-refractivity contribution is 6.33. The molecular weight excluding hydrogens is 398 g/mol. The first kappa shape index (κ1) is 19.1. The third kappa shape index (κ3) is 3.91. The van der Waals surface area contributed by atoms with E-state index >= 15 is 0 Å². The number of hydrogen-bond acceptors (Lipinski definition) is 4. The minimum absolute atomic E-state index is 0.0326. The van der Waals surface area contributed by atoms with Crippen molar-refractivity contribution < 1.29 is 9.84 Å². The minimum atomic E-state index is -0.300. The van der Waals surface area contributed by atoms with Gasteiger partial charge < -0.3 is 14.8 Å². The monoisotopic (exact) mass is 419 g/mol. The number of ether oxygens (including phenoxy) is 1. The Labute approximate surface area is 179 Å². The summed E-state index contributed by atoms with van der Waals surface area (Å²) in [5, 5.41) is 10.4. The van der Waals surface area contributed by atoms with Gasteiger partial charge in [0.2, 0.25) is 0 Å². The number of pyridine rings is 1. The maximum absolute atomic E-state index is 9.85. The van der Waals surface area contributed by atoms with Crippen LogP contribution in [0.15, 0.2) is 60.7 Å². The molecule has 0 saturated heterocycles. The summed E-state index contributed by atoms with van der Waals surface area (Å²) in [7, 11) is 0. The van der Waals surface area contributed by atoms with E-state index in [-0.39, 0.29) is 12.2 Å². The molecule has 2 aromatic heterocycles. The van der Waals surface area contributed by atoms with Gasteiger partial charge in [0.1, 0.15) is 6.10 Å². The van der Waals surface area contributed by atoms with Crippen molar-refractivity contribution in [1.82, 2.24) is 15.0 Å². The highest BCUT2D eigenvalue weighted by Crippen LogP contribution is 2.31. The van der Waals surface area contributed by atoms with E-state index in [4.69, 9.17) is 16.3 Å². The number of imidazole rings is 1. The molecule has 0 unspecified atom stereocenters. The first-order valence-electron chi connectivity index (χ1n) is 10.2. The van der Waals surface area contributed by atoms with E-state index in [9.17, 15) is 5.11 Å². The molecule has 5 rings (SSSR count). The predicted octanol–water partition coefficient (Wildman–Crippen LogP) is 5.63. The van der Waals surface area contributed by atoms with Crippen LogP contribution in [0.3, 0.4) is 0 Å². The quantitative estimate of drug-likeness (QED) is 0.449. The Bertz CT molecular complexity index is 1160. The van der Waals surface area contributed by atoms with E-state index in [0.29, 0.717) is 28.8 Å². The summed E-state index contributed by atoms with van der Waals surface area (Å²) in [6.07, 6.45) is 3.01. The van der Waals surface area contributed by atoms with E-state index in [1.807, 2.05) is 36.4 Å². The Kier molecular flexibility index (Phi) is 5.15. The molecule has 2 atom stereocenters. The molecule has 30 heavy (non-hydrogen) atoms. The van der Waals surface area contributed by atoms with Crippen LogP contribution in [-0.2, 0) is 0 Å². The fourth-order valence-electron chi connectivity index (χ4n) is 3.99. The second-order valence-electron chi connectivity index (χ2n) is 7.74. The van der Waals surface area contributed by atoms with Crippen molar-refractivity contribution in [2.45, 2.75) is 37.9 Å². The Morgan fingerprint density at radius 2 is 1.67 bits per heavy atom. The maximum atomic E-state index is 9.85. The first-order chi connectivity index (χ1) is 14.7. The molecule has 1 fully saturated rings. The molecule has 2 aromatic carbocycles. The smallest absolute Gasteiger partial charge is 0.296 e. The van der Waals surface area contributed by atoms with Crippen LogP contribution in [0, 0.1) is 0 Å². The number of rotatable bonds is 4. The molecule has 1 saturated carbocycles. The molecule has 4 aromatic rings. The van der Waals surface area contributed by atoms with Crippen LogP contribution in [0.1, 0.15) is 25.7 Å². The van der Waals surface area contributed by atoms with Crippen molar-refractivity contribution in [3.05, 3.63) is 65.7 Å². The van der Waals surface area contributed by atoms with Crippen LogP contribution in [0.25, 0.3) is 33.5 Å². The summed E-state index contributed by atoms with van der Waals surface area (Å²) < 4.78 is 5.95. The fourth-order valence-corrected chi connectivity index (χ4v) is 4.25. The Morgan fingerprint density at radius 3 is 2.43 bits per heavy atom. The van der Waals surface area contributed by atoms with E-state index in [2.05, 4.69) is 39.2 Å². The van der Waals surface area contributed by atoms with Crippen LogP contribution >= 0.6 is 11.6 Å². The van der Waals surface area contributed by atoms with Crippen molar-refractivity contribution in [3.8, 4) is 28.4 Å². The highest BCUT2D eigenvalue weighted by atomic mass is 35.5. The number of halogens is 1. The van der Waals surface area contributed by atoms with Gasteiger partial charge in [-0.15, -0.1) is 0 Å². The van der Waals surface area contributed by atoms with E-state index in [0.717, 1.165) is 35.9 Å².